The largest absolute Gasteiger partial charge is 0.507 e. The smallest absolute Gasteiger partial charge is 0.249 e. The molecule has 1 aromatic carbocycles. The van der Waals surface area contributed by atoms with E-state index >= 15 is 0 Å². The van der Waals surface area contributed by atoms with Gasteiger partial charge in [0.05, 0.1) is 0 Å². The molecule has 0 fully saturated rings. The van der Waals surface area contributed by atoms with E-state index in [-0.39, 0.29) is 5.75 Å². The minimum Gasteiger partial charge on any atom is -0.507 e. The molecule has 0 aliphatic carbocycles. The van der Waals surface area contributed by atoms with Crippen LogP contribution in [0.15, 0.2) is 47.7 Å². The monoisotopic (exact) mass is 199 g/mol. The molecule has 0 bridgehead atoms. The maximum atomic E-state index is 9.46. The second kappa shape index (κ2) is 4.32. The van der Waals surface area contributed by atoms with Crippen molar-refractivity contribution in [2.75, 3.05) is 0 Å². The lowest BCUT2D eigenvalue weighted by molar-refractivity contribution is 0.474. The van der Waals surface area contributed by atoms with E-state index in [1.165, 1.54) is 6.21 Å². The van der Waals surface area contributed by atoms with Gasteiger partial charge in [0.2, 0.25) is 5.95 Å². The highest BCUT2D eigenvalue weighted by Crippen LogP contribution is 2.13. The number of nitrogens with zero attached hydrogens (tertiary/aromatic N) is 3. The Bertz CT molecular complexity index is 468. The number of aliphatic imine (C=N–C) groups is 1. The zero-order valence-electron chi connectivity index (χ0n) is 7.91. The summed E-state index contributed by atoms with van der Waals surface area (Å²) in [4.78, 5) is 11.9. The molecule has 1 heterocycles. The highest BCUT2D eigenvalue weighted by Gasteiger charge is 1.95. The SMILES string of the molecule is Oc1ccccc1/C=N\c1ncccn1. The Morgan fingerprint density at radius 1 is 1.07 bits per heavy atom. The quantitative estimate of drug-likeness (QED) is 0.752. The predicted octanol–water partition coefficient (Wildman–Crippen LogP) is 1.93. The molecule has 4 heteroatoms. The van der Waals surface area contributed by atoms with Gasteiger partial charge >= 0.3 is 0 Å². The minimum atomic E-state index is 0.192. The number of para-hydroxylation sites is 1. The van der Waals surface area contributed by atoms with Gasteiger partial charge in [0.1, 0.15) is 5.75 Å². The van der Waals surface area contributed by atoms with Gasteiger partial charge in [-0.05, 0) is 18.2 Å². The zero-order chi connectivity index (χ0) is 10.5. The van der Waals surface area contributed by atoms with Crippen LogP contribution in [-0.4, -0.2) is 21.3 Å². The zero-order valence-corrected chi connectivity index (χ0v) is 7.91. The molecule has 15 heavy (non-hydrogen) atoms. The summed E-state index contributed by atoms with van der Waals surface area (Å²) in [5, 5.41) is 9.46. The fourth-order valence-corrected chi connectivity index (χ4v) is 1.08. The maximum absolute atomic E-state index is 9.46. The van der Waals surface area contributed by atoms with Crippen LogP contribution in [0.1, 0.15) is 5.56 Å². The van der Waals surface area contributed by atoms with Crippen LogP contribution in [0.5, 0.6) is 5.75 Å². The van der Waals surface area contributed by atoms with Crippen LogP contribution in [-0.2, 0) is 0 Å². The van der Waals surface area contributed by atoms with Crippen LogP contribution in [0.2, 0.25) is 0 Å². The summed E-state index contributed by atoms with van der Waals surface area (Å²) in [7, 11) is 0. The number of hydrogen-bond donors (Lipinski definition) is 1. The number of rotatable bonds is 2. The number of hydrogen-bond acceptors (Lipinski definition) is 4. The van der Waals surface area contributed by atoms with Crippen molar-refractivity contribution in [3.05, 3.63) is 48.3 Å². The lowest BCUT2D eigenvalue weighted by Gasteiger charge is -1.95. The maximum Gasteiger partial charge on any atom is 0.249 e. The van der Waals surface area contributed by atoms with Gasteiger partial charge in [-0.25, -0.2) is 15.0 Å². The van der Waals surface area contributed by atoms with E-state index in [1.54, 1.807) is 36.7 Å². The summed E-state index contributed by atoms with van der Waals surface area (Å²) in [6.07, 6.45) is 4.76. The Morgan fingerprint density at radius 3 is 2.53 bits per heavy atom. The third-order valence-electron chi connectivity index (χ3n) is 1.81. The van der Waals surface area contributed by atoms with Crippen LogP contribution in [0.4, 0.5) is 5.95 Å². The van der Waals surface area contributed by atoms with Crippen molar-refractivity contribution in [1.82, 2.24) is 9.97 Å². The molecule has 0 spiro atoms. The Balaban J connectivity index is 2.23. The summed E-state index contributed by atoms with van der Waals surface area (Å²) in [6.45, 7) is 0. The van der Waals surface area contributed by atoms with E-state index in [1.807, 2.05) is 6.07 Å². The normalized spacial score (nSPS) is 10.7. The van der Waals surface area contributed by atoms with Gasteiger partial charge in [0.15, 0.2) is 0 Å². The second-order valence-electron chi connectivity index (χ2n) is 2.87. The fourth-order valence-electron chi connectivity index (χ4n) is 1.08. The third kappa shape index (κ3) is 2.37. The Hall–Kier alpha value is -2.23. The summed E-state index contributed by atoms with van der Waals surface area (Å²) in [5.41, 5.74) is 0.643. The molecule has 4 nitrogen and oxygen atoms in total. The molecular weight excluding hydrogens is 190 g/mol. The summed E-state index contributed by atoms with van der Waals surface area (Å²) in [6, 6.07) is 8.67. The van der Waals surface area contributed by atoms with Gasteiger partial charge < -0.3 is 5.11 Å². The van der Waals surface area contributed by atoms with Gasteiger partial charge in [0.25, 0.3) is 0 Å². The number of phenols is 1. The molecule has 0 amide bonds. The molecular formula is C11H9N3O. The lowest BCUT2D eigenvalue weighted by Crippen LogP contribution is -1.83. The highest BCUT2D eigenvalue weighted by atomic mass is 16.3. The van der Waals surface area contributed by atoms with Crippen molar-refractivity contribution in [2.45, 2.75) is 0 Å². The minimum absolute atomic E-state index is 0.192. The molecule has 0 unspecified atom stereocenters. The van der Waals surface area contributed by atoms with Crippen molar-refractivity contribution >= 4 is 12.2 Å². The van der Waals surface area contributed by atoms with Crippen molar-refractivity contribution < 1.29 is 5.11 Å². The molecule has 2 rings (SSSR count). The Kier molecular flexibility index (Phi) is 2.69. The molecule has 74 valence electrons. The molecule has 2 aromatic rings. The predicted molar refractivity (Wildman–Crippen MR) is 57.4 cm³/mol. The molecule has 1 aromatic heterocycles. The molecule has 0 saturated heterocycles. The molecule has 0 aliphatic rings. The number of aromatic hydroxyl groups is 1. The van der Waals surface area contributed by atoms with Crippen molar-refractivity contribution in [1.29, 1.82) is 0 Å². The summed E-state index contributed by atoms with van der Waals surface area (Å²) >= 11 is 0. The first-order valence-electron chi connectivity index (χ1n) is 4.45. The molecule has 0 saturated carbocycles. The first-order valence-corrected chi connectivity index (χ1v) is 4.45. The van der Waals surface area contributed by atoms with Crippen LogP contribution < -0.4 is 0 Å². The molecule has 1 N–H and O–H groups in total. The average molecular weight is 199 g/mol. The first kappa shape index (κ1) is 9.33. The third-order valence-corrected chi connectivity index (χ3v) is 1.81. The molecule has 0 radical (unpaired) electrons. The number of aromatic nitrogens is 2. The van der Waals surface area contributed by atoms with E-state index < -0.39 is 0 Å². The Labute approximate surface area is 87.0 Å². The second-order valence-corrected chi connectivity index (χ2v) is 2.87. The topological polar surface area (TPSA) is 58.4 Å². The van der Waals surface area contributed by atoms with Crippen molar-refractivity contribution in [3.8, 4) is 5.75 Å². The van der Waals surface area contributed by atoms with E-state index in [4.69, 9.17) is 0 Å². The van der Waals surface area contributed by atoms with Gasteiger partial charge in [-0.1, -0.05) is 12.1 Å². The Morgan fingerprint density at radius 2 is 1.80 bits per heavy atom. The summed E-state index contributed by atoms with van der Waals surface area (Å²) in [5.74, 6) is 0.568. The van der Waals surface area contributed by atoms with Crippen molar-refractivity contribution in [2.24, 2.45) is 4.99 Å². The number of benzene rings is 1. The van der Waals surface area contributed by atoms with Crippen LogP contribution in [0, 0.1) is 0 Å². The van der Waals surface area contributed by atoms with E-state index in [0.29, 0.717) is 11.5 Å². The first-order chi connectivity index (χ1) is 7.36. The van der Waals surface area contributed by atoms with Gasteiger partial charge in [-0.3, -0.25) is 0 Å². The van der Waals surface area contributed by atoms with E-state index in [0.717, 1.165) is 0 Å². The van der Waals surface area contributed by atoms with Gasteiger partial charge in [-0.15, -0.1) is 0 Å². The summed E-state index contributed by atoms with van der Waals surface area (Å²) < 4.78 is 0. The van der Waals surface area contributed by atoms with E-state index in [9.17, 15) is 5.11 Å². The standard InChI is InChI=1S/C11H9N3O/c15-10-5-2-1-4-9(10)8-14-11-12-6-3-7-13-11/h1-8,15H/b14-8-. The highest BCUT2D eigenvalue weighted by molar-refractivity contribution is 5.84. The van der Waals surface area contributed by atoms with Crippen LogP contribution in [0.3, 0.4) is 0 Å². The average Bonchev–Trinajstić information content (AvgIpc) is 2.29. The molecule has 0 aliphatic heterocycles. The van der Waals surface area contributed by atoms with Gasteiger partial charge in [0, 0.05) is 24.2 Å². The van der Waals surface area contributed by atoms with E-state index in [2.05, 4.69) is 15.0 Å². The number of phenolic OH excluding ortho intramolecular Hbond substituents is 1. The fraction of sp³-hybridized carbons (Fsp3) is 0. The lowest BCUT2D eigenvalue weighted by atomic mass is 10.2. The van der Waals surface area contributed by atoms with Crippen molar-refractivity contribution in [3.63, 3.8) is 0 Å². The van der Waals surface area contributed by atoms with Crippen LogP contribution in [0.25, 0.3) is 0 Å². The molecule has 0 atom stereocenters. The van der Waals surface area contributed by atoms with Gasteiger partial charge in [-0.2, -0.15) is 0 Å². The van der Waals surface area contributed by atoms with Crippen LogP contribution >= 0.6 is 0 Å².